The lowest BCUT2D eigenvalue weighted by molar-refractivity contribution is -0.126. The van der Waals surface area contributed by atoms with Gasteiger partial charge < -0.3 is 19.5 Å². The van der Waals surface area contributed by atoms with Gasteiger partial charge in [0, 0.05) is 39.4 Å². The van der Waals surface area contributed by atoms with Crippen molar-refractivity contribution in [2.24, 2.45) is 5.92 Å². The van der Waals surface area contributed by atoms with Crippen LogP contribution in [-0.2, 0) is 19.6 Å². The van der Waals surface area contributed by atoms with Crippen molar-refractivity contribution >= 4 is 15.9 Å². The molecule has 0 aliphatic carbocycles. The van der Waals surface area contributed by atoms with Gasteiger partial charge in [-0.05, 0) is 31.4 Å². The Balaban J connectivity index is 2.08. The summed E-state index contributed by atoms with van der Waals surface area (Å²) in [5.74, 6) is 0.348. The maximum Gasteiger partial charge on any atom is 0.243 e. The van der Waals surface area contributed by atoms with Gasteiger partial charge in [-0.25, -0.2) is 8.42 Å². The van der Waals surface area contributed by atoms with Crippen LogP contribution in [0.2, 0.25) is 0 Å². The van der Waals surface area contributed by atoms with Gasteiger partial charge >= 0.3 is 0 Å². The van der Waals surface area contributed by atoms with Crippen molar-refractivity contribution in [3.05, 3.63) is 18.2 Å². The molecule has 1 N–H and O–H groups in total. The first-order chi connectivity index (χ1) is 12.9. The van der Waals surface area contributed by atoms with Crippen molar-refractivity contribution < 1.29 is 27.4 Å². The van der Waals surface area contributed by atoms with E-state index in [1.807, 2.05) is 0 Å². The largest absolute Gasteiger partial charge is 0.493 e. The molecular formula is C18H28N2O6S. The van der Waals surface area contributed by atoms with E-state index in [0.717, 1.165) is 6.42 Å². The van der Waals surface area contributed by atoms with Crippen LogP contribution < -0.4 is 14.8 Å². The van der Waals surface area contributed by atoms with Gasteiger partial charge in [0.25, 0.3) is 0 Å². The highest BCUT2D eigenvalue weighted by atomic mass is 32.2. The second-order valence-electron chi connectivity index (χ2n) is 6.36. The molecule has 1 aliphatic rings. The predicted molar refractivity (Wildman–Crippen MR) is 101 cm³/mol. The fourth-order valence-electron chi connectivity index (χ4n) is 3.07. The first-order valence-corrected chi connectivity index (χ1v) is 10.4. The number of carbonyl (C=O) groups excluding carboxylic acids is 1. The summed E-state index contributed by atoms with van der Waals surface area (Å²) in [6.45, 7) is 1.66. The number of carbonyl (C=O) groups is 1. The molecule has 1 aromatic rings. The van der Waals surface area contributed by atoms with Gasteiger partial charge in [0.15, 0.2) is 11.5 Å². The van der Waals surface area contributed by atoms with Crippen LogP contribution in [0.15, 0.2) is 23.1 Å². The molecule has 1 aliphatic heterocycles. The number of methoxy groups -OCH3 is 3. The quantitative estimate of drug-likeness (QED) is 0.627. The number of nitrogens with zero attached hydrogens (tertiary/aromatic N) is 1. The summed E-state index contributed by atoms with van der Waals surface area (Å²) in [4.78, 5) is 12.5. The number of hydrogen-bond acceptors (Lipinski definition) is 6. The fourth-order valence-corrected chi connectivity index (χ4v) is 4.61. The van der Waals surface area contributed by atoms with Crippen LogP contribution in [0.5, 0.6) is 11.5 Å². The smallest absolute Gasteiger partial charge is 0.243 e. The van der Waals surface area contributed by atoms with Gasteiger partial charge in [-0.2, -0.15) is 4.31 Å². The predicted octanol–water partition coefficient (Wildman–Crippen LogP) is 1.26. The Hall–Kier alpha value is -1.84. The molecule has 1 fully saturated rings. The second kappa shape index (κ2) is 9.91. The Bertz CT molecular complexity index is 737. The van der Waals surface area contributed by atoms with E-state index < -0.39 is 10.0 Å². The van der Waals surface area contributed by atoms with Crippen LogP contribution in [-0.4, -0.2) is 66.2 Å². The lowest BCUT2D eigenvalue weighted by Gasteiger charge is -2.31. The summed E-state index contributed by atoms with van der Waals surface area (Å²) < 4.78 is 42.7. The molecule has 9 heteroatoms. The van der Waals surface area contributed by atoms with Crippen molar-refractivity contribution in [3.8, 4) is 11.5 Å². The van der Waals surface area contributed by atoms with E-state index in [1.54, 1.807) is 13.2 Å². The zero-order valence-corrected chi connectivity index (χ0v) is 16.9. The maximum atomic E-state index is 13.0. The lowest BCUT2D eigenvalue weighted by atomic mass is 9.99. The third-order valence-electron chi connectivity index (χ3n) is 4.57. The molecule has 0 saturated carbocycles. The van der Waals surface area contributed by atoms with Gasteiger partial charge in [-0.1, -0.05) is 0 Å². The van der Waals surface area contributed by atoms with Crippen LogP contribution in [0.25, 0.3) is 0 Å². The molecule has 0 spiro atoms. The van der Waals surface area contributed by atoms with Gasteiger partial charge in [-0.3, -0.25) is 4.79 Å². The summed E-state index contributed by atoms with van der Waals surface area (Å²) in [5.41, 5.74) is 0. The van der Waals surface area contributed by atoms with E-state index in [0.29, 0.717) is 44.0 Å². The SMILES string of the molecule is COCCCNC(=O)C1CCCN(S(=O)(=O)c2ccc(OC)c(OC)c2)C1. The Labute approximate surface area is 160 Å². The molecule has 152 valence electrons. The molecule has 1 atom stereocenters. The number of nitrogens with one attached hydrogen (secondary N) is 1. The normalized spacial score (nSPS) is 18.1. The van der Waals surface area contributed by atoms with Crippen molar-refractivity contribution in [2.75, 3.05) is 47.6 Å². The number of amides is 1. The molecule has 0 bridgehead atoms. The zero-order valence-electron chi connectivity index (χ0n) is 16.1. The summed E-state index contributed by atoms with van der Waals surface area (Å²) >= 11 is 0. The Morgan fingerprint density at radius 1 is 1.22 bits per heavy atom. The number of ether oxygens (including phenoxy) is 3. The molecular weight excluding hydrogens is 372 g/mol. The topological polar surface area (TPSA) is 94.2 Å². The van der Waals surface area contributed by atoms with Gasteiger partial charge in [0.1, 0.15) is 0 Å². The van der Waals surface area contributed by atoms with Crippen LogP contribution in [0, 0.1) is 5.92 Å². The maximum absolute atomic E-state index is 13.0. The molecule has 1 unspecified atom stereocenters. The standard InChI is InChI=1S/C18H28N2O6S/c1-24-11-5-9-19-18(21)14-6-4-10-20(13-14)27(22,23)15-7-8-16(25-2)17(12-15)26-3/h7-8,12,14H,4-6,9-11,13H2,1-3H3,(H,19,21). The average molecular weight is 400 g/mol. The van der Waals surface area contributed by atoms with E-state index in [4.69, 9.17) is 14.2 Å². The minimum absolute atomic E-state index is 0.113. The molecule has 1 amide bonds. The highest BCUT2D eigenvalue weighted by molar-refractivity contribution is 7.89. The van der Waals surface area contributed by atoms with E-state index in [1.165, 1.54) is 30.7 Å². The highest BCUT2D eigenvalue weighted by Gasteiger charge is 2.33. The zero-order chi connectivity index (χ0) is 19.9. The molecule has 2 rings (SSSR count). The highest BCUT2D eigenvalue weighted by Crippen LogP contribution is 2.32. The second-order valence-corrected chi connectivity index (χ2v) is 8.29. The molecule has 1 heterocycles. The van der Waals surface area contributed by atoms with Crippen molar-refractivity contribution in [1.82, 2.24) is 9.62 Å². The summed E-state index contributed by atoms with van der Waals surface area (Å²) in [7, 11) is 0.844. The minimum Gasteiger partial charge on any atom is -0.493 e. The molecule has 0 radical (unpaired) electrons. The van der Waals surface area contributed by atoms with Crippen LogP contribution in [0.1, 0.15) is 19.3 Å². The van der Waals surface area contributed by atoms with E-state index >= 15 is 0 Å². The number of benzene rings is 1. The fraction of sp³-hybridized carbons (Fsp3) is 0.611. The van der Waals surface area contributed by atoms with E-state index in [2.05, 4.69) is 5.32 Å². The van der Waals surface area contributed by atoms with Gasteiger partial charge in [-0.15, -0.1) is 0 Å². The van der Waals surface area contributed by atoms with Crippen molar-refractivity contribution in [1.29, 1.82) is 0 Å². The average Bonchev–Trinajstić information content (AvgIpc) is 2.70. The van der Waals surface area contributed by atoms with E-state index in [9.17, 15) is 13.2 Å². The molecule has 1 saturated heterocycles. The van der Waals surface area contributed by atoms with Crippen LogP contribution >= 0.6 is 0 Å². The van der Waals surface area contributed by atoms with Crippen molar-refractivity contribution in [2.45, 2.75) is 24.2 Å². The summed E-state index contributed by atoms with van der Waals surface area (Å²) in [6.07, 6.45) is 2.04. The number of piperidine rings is 1. The number of rotatable bonds is 9. The van der Waals surface area contributed by atoms with Gasteiger partial charge in [0.2, 0.25) is 15.9 Å². The monoisotopic (exact) mass is 400 g/mol. The summed E-state index contributed by atoms with van der Waals surface area (Å²) in [5, 5.41) is 2.86. The Morgan fingerprint density at radius 3 is 2.63 bits per heavy atom. The first kappa shape index (κ1) is 21.5. The van der Waals surface area contributed by atoms with Crippen molar-refractivity contribution in [3.63, 3.8) is 0 Å². The van der Waals surface area contributed by atoms with Gasteiger partial charge in [0.05, 0.1) is 25.0 Å². The summed E-state index contributed by atoms with van der Waals surface area (Å²) in [6, 6.07) is 4.50. The molecule has 27 heavy (non-hydrogen) atoms. The molecule has 0 aromatic heterocycles. The van der Waals surface area contributed by atoms with Crippen LogP contribution in [0.3, 0.4) is 0 Å². The van der Waals surface area contributed by atoms with E-state index in [-0.39, 0.29) is 23.3 Å². The third-order valence-corrected chi connectivity index (χ3v) is 6.43. The molecule has 8 nitrogen and oxygen atoms in total. The third kappa shape index (κ3) is 5.33. The number of sulfonamides is 1. The minimum atomic E-state index is -3.72. The Morgan fingerprint density at radius 2 is 1.96 bits per heavy atom. The van der Waals surface area contributed by atoms with Crippen LogP contribution in [0.4, 0.5) is 0 Å². The Kier molecular flexibility index (Phi) is 7.88. The molecule has 1 aromatic carbocycles. The lowest BCUT2D eigenvalue weighted by Crippen LogP contribution is -2.45. The number of hydrogen-bond donors (Lipinski definition) is 1. The first-order valence-electron chi connectivity index (χ1n) is 8.93.